The summed E-state index contributed by atoms with van der Waals surface area (Å²) in [4.78, 5) is 15.6. The number of hydrogen-bond donors (Lipinski definition) is 0. The minimum absolute atomic E-state index is 0.0362. The van der Waals surface area contributed by atoms with E-state index < -0.39 is 0 Å². The highest BCUT2D eigenvalue weighted by Gasteiger charge is 2.02. The lowest BCUT2D eigenvalue weighted by Gasteiger charge is -2.07. The van der Waals surface area contributed by atoms with Gasteiger partial charge in [-0.15, -0.1) is 0 Å². The van der Waals surface area contributed by atoms with Crippen LogP contribution in [-0.4, -0.2) is 10.8 Å². The minimum atomic E-state index is 0.0362. The van der Waals surface area contributed by atoms with E-state index >= 15 is 0 Å². The zero-order chi connectivity index (χ0) is 13.0. The first-order chi connectivity index (χ1) is 8.65. The van der Waals surface area contributed by atoms with Gasteiger partial charge in [0, 0.05) is 11.3 Å². The SMILES string of the molecule is CC(=O)c1cccc(OCc2cccc(C)n2)c1. The van der Waals surface area contributed by atoms with Gasteiger partial charge in [0.05, 0.1) is 5.69 Å². The predicted molar refractivity (Wildman–Crippen MR) is 69.8 cm³/mol. The Morgan fingerprint density at radius 1 is 1.22 bits per heavy atom. The number of ether oxygens (including phenoxy) is 1. The van der Waals surface area contributed by atoms with Crippen LogP contribution in [0.25, 0.3) is 0 Å². The van der Waals surface area contributed by atoms with E-state index in [1.54, 1.807) is 19.1 Å². The Morgan fingerprint density at radius 3 is 2.72 bits per heavy atom. The number of pyridine rings is 1. The van der Waals surface area contributed by atoms with Gasteiger partial charge in [-0.3, -0.25) is 9.78 Å². The summed E-state index contributed by atoms with van der Waals surface area (Å²) >= 11 is 0. The molecule has 0 unspecified atom stereocenters. The molecule has 0 N–H and O–H groups in total. The van der Waals surface area contributed by atoms with Crippen molar-refractivity contribution < 1.29 is 9.53 Å². The lowest BCUT2D eigenvalue weighted by molar-refractivity contribution is 0.101. The third-order valence-electron chi connectivity index (χ3n) is 2.57. The highest BCUT2D eigenvalue weighted by molar-refractivity contribution is 5.94. The molecule has 0 aliphatic rings. The average molecular weight is 241 g/mol. The minimum Gasteiger partial charge on any atom is -0.487 e. The molecule has 0 fully saturated rings. The lowest BCUT2D eigenvalue weighted by Crippen LogP contribution is -2.00. The molecule has 0 saturated carbocycles. The maximum atomic E-state index is 11.2. The van der Waals surface area contributed by atoms with Crippen LogP contribution in [0.1, 0.15) is 28.7 Å². The molecule has 0 radical (unpaired) electrons. The summed E-state index contributed by atoms with van der Waals surface area (Å²) in [5.41, 5.74) is 2.50. The van der Waals surface area contributed by atoms with Crippen LogP contribution in [0.2, 0.25) is 0 Å². The maximum Gasteiger partial charge on any atom is 0.159 e. The molecule has 0 atom stereocenters. The van der Waals surface area contributed by atoms with Crippen LogP contribution in [0, 0.1) is 6.92 Å². The molecule has 2 aromatic rings. The Hall–Kier alpha value is -2.16. The van der Waals surface area contributed by atoms with Gasteiger partial charge in [0.25, 0.3) is 0 Å². The Morgan fingerprint density at radius 2 is 2.00 bits per heavy atom. The Labute approximate surface area is 106 Å². The van der Waals surface area contributed by atoms with Gasteiger partial charge in [-0.25, -0.2) is 0 Å². The van der Waals surface area contributed by atoms with E-state index in [1.807, 2.05) is 37.3 Å². The van der Waals surface area contributed by atoms with Gasteiger partial charge >= 0.3 is 0 Å². The fourth-order valence-corrected chi connectivity index (χ4v) is 1.64. The second-order valence-corrected chi connectivity index (χ2v) is 4.14. The number of aromatic nitrogens is 1. The van der Waals surface area contributed by atoms with E-state index in [2.05, 4.69) is 4.98 Å². The predicted octanol–water partition coefficient (Wildman–Crippen LogP) is 3.17. The second-order valence-electron chi connectivity index (χ2n) is 4.14. The monoisotopic (exact) mass is 241 g/mol. The van der Waals surface area contributed by atoms with Crippen molar-refractivity contribution in [2.24, 2.45) is 0 Å². The number of hydrogen-bond acceptors (Lipinski definition) is 3. The third-order valence-corrected chi connectivity index (χ3v) is 2.57. The highest BCUT2D eigenvalue weighted by Crippen LogP contribution is 2.15. The van der Waals surface area contributed by atoms with Crippen molar-refractivity contribution in [2.75, 3.05) is 0 Å². The molecule has 0 saturated heterocycles. The van der Waals surface area contributed by atoms with Crippen molar-refractivity contribution in [3.8, 4) is 5.75 Å². The smallest absolute Gasteiger partial charge is 0.159 e. The van der Waals surface area contributed by atoms with E-state index in [9.17, 15) is 4.79 Å². The van der Waals surface area contributed by atoms with E-state index in [0.29, 0.717) is 17.9 Å². The molecular formula is C15H15NO2. The third kappa shape index (κ3) is 3.17. The Balaban J connectivity index is 2.06. The van der Waals surface area contributed by atoms with Crippen molar-refractivity contribution in [1.82, 2.24) is 4.98 Å². The number of carbonyl (C=O) groups excluding carboxylic acids is 1. The van der Waals surface area contributed by atoms with Gasteiger partial charge in [0.2, 0.25) is 0 Å². The molecule has 3 nitrogen and oxygen atoms in total. The fourth-order valence-electron chi connectivity index (χ4n) is 1.64. The van der Waals surface area contributed by atoms with Gasteiger partial charge < -0.3 is 4.74 Å². The van der Waals surface area contributed by atoms with Crippen molar-refractivity contribution >= 4 is 5.78 Å². The van der Waals surface area contributed by atoms with Crippen LogP contribution in [-0.2, 0) is 6.61 Å². The van der Waals surface area contributed by atoms with E-state index in [-0.39, 0.29) is 5.78 Å². The molecule has 0 aliphatic heterocycles. The van der Waals surface area contributed by atoms with Gasteiger partial charge in [0.15, 0.2) is 5.78 Å². The summed E-state index contributed by atoms with van der Waals surface area (Å²) in [7, 11) is 0. The van der Waals surface area contributed by atoms with Crippen LogP contribution in [0.5, 0.6) is 5.75 Å². The number of carbonyl (C=O) groups is 1. The zero-order valence-corrected chi connectivity index (χ0v) is 10.5. The van der Waals surface area contributed by atoms with Crippen LogP contribution in [0.15, 0.2) is 42.5 Å². The van der Waals surface area contributed by atoms with Gasteiger partial charge in [0.1, 0.15) is 12.4 Å². The Bertz CT molecular complexity index is 564. The first kappa shape index (κ1) is 12.3. The largest absolute Gasteiger partial charge is 0.487 e. The van der Waals surface area contributed by atoms with Gasteiger partial charge in [-0.05, 0) is 38.1 Å². The first-order valence-electron chi connectivity index (χ1n) is 5.81. The maximum absolute atomic E-state index is 11.2. The van der Waals surface area contributed by atoms with E-state index in [1.165, 1.54) is 0 Å². The van der Waals surface area contributed by atoms with Crippen LogP contribution < -0.4 is 4.74 Å². The summed E-state index contributed by atoms with van der Waals surface area (Å²) in [6, 6.07) is 13.0. The lowest BCUT2D eigenvalue weighted by atomic mass is 10.1. The van der Waals surface area contributed by atoms with E-state index in [0.717, 1.165) is 11.4 Å². The number of nitrogens with zero attached hydrogens (tertiary/aromatic N) is 1. The average Bonchev–Trinajstić information content (AvgIpc) is 2.37. The number of Topliss-reactive ketones (excluding diaryl/α,β-unsaturated/α-hetero) is 1. The summed E-state index contributed by atoms with van der Waals surface area (Å²) in [5.74, 6) is 0.722. The molecule has 0 aliphatic carbocycles. The molecule has 92 valence electrons. The molecule has 18 heavy (non-hydrogen) atoms. The summed E-state index contributed by atoms with van der Waals surface area (Å²) in [5, 5.41) is 0. The molecule has 1 aromatic carbocycles. The molecule has 1 aromatic heterocycles. The van der Waals surface area contributed by atoms with Crippen molar-refractivity contribution in [3.05, 3.63) is 59.4 Å². The molecule has 2 rings (SSSR count). The molecule has 0 bridgehead atoms. The standard InChI is InChI=1S/C15H15NO2/c1-11-5-3-7-14(16-11)10-18-15-8-4-6-13(9-15)12(2)17/h3-9H,10H2,1-2H3. The topological polar surface area (TPSA) is 39.2 Å². The Kier molecular flexibility index (Phi) is 3.72. The summed E-state index contributed by atoms with van der Waals surface area (Å²) < 4.78 is 5.62. The van der Waals surface area contributed by atoms with Crippen molar-refractivity contribution in [2.45, 2.75) is 20.5 Å². The number of benzene rings is 1. The van der Waals surface area contributed by atoms with Gasteiger partial charge in [-0.2, -0.15) is 0 Å². The highest BCUT2D eigenvalue weighted by atomic mass is 16.5. The quantitative estimate of drug-likeness (QED) is 0.772. The molecule has 1 heterocycles. The van der Waals surface area contributed by atoms with E-state index in [4.69, 9.17) is 4.74 Å². The fraction of sp³-hybridized carbons (Fsp3) is 0.200. The summed E-state index contributed by atoms with van der Waals surface area (Å²) in [6.45, 7) is 3.89. The number of ketones is 1. The molecule has 0 amide bonds. The van der Waals surface area contributed by atoms with Crippen molar-refractivity contribution in [3.63, 3.8) is 0 Å². The first-order valence-corrected chi connectivity index (χ1v) is 5.81. The summed E-state index contributed by atoms with van der Waals surface area (Å²) in [6.07, 6.45) is 0. The molecule has 0 spiro atoms. The van der Waals surface area contributed by atoms with Crippen molar-refractivity contribution in [1.29, 1.82) is 0 Å². The number of rotatable bonds is 4. The van der Waals surface area contributed by atoms with Crippen LogP contribution >= 0.6 is 0 Å². The zero-order valence-electron chi connectivity index (χ0n) is 10.5. The van der Waals surface area contributed by atoms with Crippen LogP contribution in [0.3, 0.4) is 0 Å². The normalized spacial score (nSPS) is 10.1. The number of aryl methyl sites for hydroxylation is 1. The molecular weight excluding hydrogens is 226 g/mol. The van der Waals surface area contributed by atoms with Crippen LogP contribution in [0.4, 0.5) is 0 Å². The molecule has 3 heteroatoms. The van der Waals surface area contributed by atoms with Gasteiger partial charge in [-0.1, -0.05) is 18.2 Å². The second kappa shape index (κ2) is 5.45.